The van der Waals surface area contributed by atoms with E-state index >= 15 is 0 Å². The van der Waals surface area contributed by atoms with Gasteiger partial charge >= 0.3 is 0 Å². The summed E-state index contributed by atoms with van der Waals surface area (Å²) in [5.41, 5.74) is 1.16. The molecule has 6 nitrogen and oxygen atoms in total. The Balaban J connectivity index is 1.67. The van der Waals surface area contributed by atoms with Crippen LogP contribution in [0.1, 0.15) is 12.8 Å². The van der Waals surface area contributed by atoms with E-state index in [4.69, 9.17) is 16.3 Å². The Hall–Kier alpha value is -2.64. The molecule has 140 valence electrons. The number of piperidine rings is 1. The maximum atomic E-state index is 13.4. The first-order chi connectivity index (χ1) is 13.1. The van der Waals surface area contributed by atoms with Gasteiger partial charge in [-0.2, -0.15) is 0 Å². The van der Waals surface area contributed by atoms with Crippen LogP contribution in [0.3, 0.4) is 0 Å². The van der Waals surface area contributed by atoms with Gasteiger partial charge in [-0.3, -0.25) is 0 Å². The van der Waals surface area contributed by atoms with E-state index in [0.29, 0.717) is 28.2 Å². The third kappa shape index (κ3) is 3.89. The lowest BCUT2D eigenvalue weighted by Crippen LogP contribution is -2.34. The van der Waals surface area contributed by atoms with E-state index in [-0.39, 0.29) is 16.9 Å². The molecule has 0 amide bonds. The van der Waals surface area contributed by atoms with Crippen molar-refractivity contribution >= 4 is 34.0 Å². The smallest absolute Gasteiger partial charge is 0.162 e. The SMILES string of the molecule is Oc1cc2ncnc(Nc3ccc(F)c(Cl)c3)c2cc1OC1CCNCC1. The van der Waals surface area contributed by atoms with Crippen molar-refractivity contribution in [2.24, 2.45) is 0 Å². The number of nitrogens with zero attached hydrogens (tertiary/aromatic N) is 2. The molecule has 1 aromatic heterocycles. The van der Waals surface area contributed by atoms with Gasteiger partial charge in [-0.05, 0) is 50.2 Å². The van der Waals surface area contributed by atoms with Gasteiger partial charge in [-0.1, -0.05) is 11.6 Å². The van der Waals surface area contributed by atoms with Gasteiger partial charge < -0.3 is 20.5 Å². The minimum Gasteiger partial charge on any atom is -0.504 e. The molecule has 0 bridgehead atoms. The number of phenols is 1. The molecule has 4 rings (SSSR count). The third-order valence-corrected chi connectivity index (χ3v) is 4.77. The highest BCUT2D eigenvalue weighted by molar-refractivity contribution is 6.31. The maximum absolute atomic E-state index is 13.4. The molecule has 27 heavy (non-hydrogen) atoms. The fourth-order valence-electron chi connectivity index (χ4n) is 3.07. The second-order valence-electron chi connectivity index (χ2n) is 6.38. The van der Waals surface area contributed by atoms with Crippen LogP contribution in [-0.2, 0) is 0 Å². The zero-order chi connectivity index (χ0) is 18.8. The molecule has 3 N–H and O–H groups in total. The van der Waals surface area contributed by atoms with Crippen LogP contribution in [-0.4, -0.2) is 34.3 Å². The van der Waals surface area contributed by atoms with Gasteiger partial charge in [0, 0.05) is 17.1 Å². The van der Waals surface area contributed by atoms with Crippen LogP contribution in [0.2, 0.25) is 5.02 Å². The maximum Gasteiger partial charge on any atom is 0.162 e. The highest BCUT2D eigenvalue weighted by atomic mass is 35.5. The number of halogens is 2. The minimum absolute atomic E-state index is 0.0194. The van der Waals surface area contributed by atoms with Gasteiger partial charge in [0.15, 0.2) is 11.5 Å². The molecule has 1 fully saturated rings. The molecule has 0 spiro atoms. The number of ether oxygens (including phenoxy) is 1. The fourth-order valence-corrected chi connectivity index (χ4v) is 3.25. The molecule has 0 radical (unpaired) electrons. The van der Waals surface area contributed by atoms with E-state index in [1.54, 1.807) is 18.2 Å². The Bertz CT molecular complexity index is 979. The average molecular weight is 389 g/mol. The molecule has 2 heterocycles. The quantitative estimate of drug-likeness (QED) is 0.627. The molecule has 0 unspecified atom stereocenters. The van der Waals surface area contributed by atoms with Gasteiger partial charge in [-0.15, -0.1) is 0 Å². The van der Waals surface area contributed by atoms with Crippen molar-refractivity contribution < 1.29 is 14.2 Å². The number of nitrogens with one attached hydrogen (secondary N) is 2. The number of hydrogen-bond acceptors (Lipinski definition) is 6. The third-order valence-electron chi connectivity index (χ3n) is 4.48. The Kier molecular flexibility index (Phi) is 4.96. The van der Waals surface area contributed by atoms with E-state index in [1.165, 1.54) is 18.5 Å². The van der Waals surface area contributed by atoms with Crippen LogP contribution >= 0.6 is 11.6 Å². The zero-order valence-corrected chi connectivity index (χ0v) is 15.1. The predicted molar refractivity (Wildman–Crippen MR) is 102 cm³/mol. The second kappa shape index (κ2) is 7.54. The molecule has 1 aliphatic heterocycles. The molecule has 3 aromatic rings. The minimum atomic E-state index is -0.489. The van der Waals surface area contributed by atoms with Crippen molar-refractivity contribution in [1.82, 2.24) is 15.3 Å². The van der Waals surface area contributed by atoms with Crippen LogP contribution in [0.4, 0.5) is 15.9 Å². The Morgan fingerprint density at radius 3 is 2.78 bits per heavy atom. The van der Waals surface area contributed by atoms with Gasteiger partial charge in [0.1, 0.15) is 24.1 Å². The average Bonchev–Trinajstić information content (AvgIpc) is 2.67. The Morgan fingerprint density at radius 1 is 1.19 bits per heavy atom. The van der Waals surface area contributed by atoms with E-state index in [0.717, 1.165) is 25.9 Å². The number of anilines is 2. The monoisotopic (exact) mass is 388 g/mol. The molecular formula is C19H18ClFN4O2. The molecule has 1 aliphatic rings. The number of hydrogen-bond donors (Lipinski definition) is 3. The number of rotatable bonds is 4. The highest BCUT2D eigenvalue weighted by Gasteiger charge is 2.18. The number of fused-ring (bicyclic) bond motifs is 1. The van der Waals surface area contributed by atoms with Crippen molar-refractivity contribution in [2.45, 2.75) is 18.9 Å². The lowest BCUT2D eigenvalue weighted by Gasteiger charge is -2.24. The normalized spacial score (nSPS) is 15.0. The number of aromatic hydroxyl groups is 1. The first kappa shape index (κ1) is 17.8. The van der Waals surface area contributed by atoms with Crippen molar-refractivity contribution in [3.8, 4) is 11.5 Å². The zero-order valence-electron chi connectivity index (χ0n) is 14.4. The fraction of sp³-hybridized carbons (Fsp3) is 0.263. The van der Waals surface area contributed by atoms with Gasteiger partial charge in [0.05, 0.1) is 10.5 Å². The van der Waals surface area contributed by atoms with Crippen LogP contribution in [0, 0.1) is 5.82 Å². The van der Waals surface area contributed by atoms with Crippen molar-refractivity contribution in [3.63, 3.8) is 0 Å². The summed E-state index contributed by atoms with van der Waals surface area (Å²) >= 11 is 5.85. The number of phenolic OH excluding ortho intramolecular Hbond substituents is 1. The van der Waals surface area contributed by atoms with E-state index in [1.807, 2.05) is 0 Å². The second-order valence-corrected chi connectivity index (χ2v) is 6.79. The van der Waals surface area contributed by atoms with Crippen molar-refractivity contribution in [1.29, 1.82) is 0 Å². The summed E-state index contributed by atoms with van der Waals surface area (Å²) in [7, 11) is 0. The van der Waals surface area contributed by atoms with E-state index in [2.05, 4.69) is 20.6 Å². The molecule has 2 aromatic carbocycles. The van der Waals surface area contributed by atoms with Crippen molar-refractivity contribution in [2.75, 3.05) is 18.4 Å². The first-order valence-corrected chi connectivity index (χ1v) is 9.05. The Morgan fingerprint density at radius 2 is 2.00 bits per heavy atom. The Labute approximate surface area is 160 Å². The summed E-state index contributed by atoms with van der Waals surface area (Å²) in [5, 5.41) is 17.4. The standard InChI is InChI=1S/C19H18ClFN4O2/c20-14-7-11(1-2-15(14)21)25-19-13-8-18(27-12-3-5-22-6-4-12)17(26)9-16(13)23-10-24-19/h1-2,7-10,12,22,26H,3-6H2,(H,23,24,25). The van der Waals surface area contributed by atoms with Crippen LogP contribution < -0.4 is 15.4 Å². The van der Waals surface area contributed by atoms with Crippen LogP contribution in [0.25, 0.3) is 10.9 Å². The summed E-state index contributed by atoms with van der Waals surface area (Å²) in [6.07, 6.45) is 3.19. The molecular weight excluding hydrogens is 371 g/mol. The summed E-state index contributed by atoms with van der Waals surface area (Å²) < 4.78 is 19.4. The van der Waals surface area contributed by atoms with Crippen LogP contribution in [0.15, 0.2) is 36.7 Å². The summed E-state index contributed by atoms with van der Waals surface area (Å²) in [6.45, 7) is 1.78. The van der Waals surface area contributed by atoms with Gasteiger partial charge in [-0.25, -0.2) is 14.4 Å². The summed E-state index contributed by atoms with van der Waals surface area (Å²) in [4.78, 5) is 8.47. The highest BCUT2D eigenvalue weighted by Crippen LogP contribution is 2.35. The van der Waals surface area contributed by atoms with Crippen LogP contribution in [0.5, 0.6) is 11.5 Å². The number of benzene rings is 2. The molecule has 8 heteroatoms. The molecule has 0 atom stereocenters. The van der Waals surface area contributed by atoms with E-state index in [9.17, 15) is 9.50 Å². The molecule has 1 saturated heterocycles. The molecule has 0 saturated carbocycles. The largest absolute Gasteiger partial charge is 0.504 e. The van der Waals surface area contributed by atoms with E-state index < -0.39 is 5.82 Å². The summed E-state index contributed by atoms with van der Waals surface area (Å²) in [6, 6.07) is 7.61. The first-order valence-electron chi connectivity index (χ1n) is 8.67. The van der Waals surface area contributed by atoms with Gasteiger partial charge in [0.25, 0.3) is 0 Å². The topological polar surface area (TPSA) is 79.3 Å². The summed E-state index contributed by atoms with van der Waals surface area (Å²) in [5.74, 6) is 0.454. The lowest BCUT2D eigenvalue weighted by molar-refractivity contribution is 0.157. The molecule has 0 aliphatic carbocycles. The van der Waals surface area contributed by atoms with Gasteiger partial charge in [0.2, 0.25) is 0 Å². The predicted octanol–water partition coefficient (Wildman–Crippen LogP) is 4.00. The number of aromatic nitrogens is 2. The van der Waals surface area contributed by atoms with Crippen molar-refractivity contribution in [3.05, 3.63) is 47.5 Å². The lowest BCUT2D eigenvalue weighted by atomic mass is 10.1.